The normalized spacial score (nSPS) is 10.4. The Balaban J connectivity index is 1.80. The second-order valence-corrected chi connectivity index (χ2v) is 6.98. The van der Waals surface area contributed by atoms with E-state index in [4.69, 9.17) is 13.9 Å². The third-order valence-electron chi connectivity index (χ3n) is 4.13. The summed E-state index contributed by atoms with van der Waals surface area (Å²) in [6.45, 7) is 0.715. The molecule has 1 aromatic heterocycles. The molecule has 0 aliphatic heterocycles. The zero-order chi connectivity index (χ0) is 19.9. The molecule has 28 heavy (non-hydrogen) atoms. The summed E-state index contributed by atoms with van der Waals surface area (Å²) in [5.74, 6) is 1.96. The first-order chi connectivity index (χ1) is 13.6. The topological polar surface area (TPSA) is 63.9 Å². The number of methoxy groups -OCH3 is 2. The van der Waals surface area contributed by atoms with Crippen LogP contribution in [0.4, 0.5) is 10.5 Å². The highest BCUT2D eigenvalue weighted by atomic mass is 79.9. The molecule has 0 unspecified atom stereocenters. The minimum atomic E-state index is -0.228. The van der Waals surface area contributed by atoms with E-state index in [9.17, 15) is 4.79 Å². The van der Waals surface area contributed by atoms with E-state index in [-0.39, 0.29) is 6.03 Å². The Morgan fingerprint density at radius 2 is 1.79 bits per heavy atom. The van der Waals surface area contributed by atoms with E-state index in [2.05, 4.69) is 21.2 Å². The third kappa shape index (κ3) is 5.07. The summed E-state index contributed by atoms with van der Waals surface area (Å²) in [6, 6.07) is 16.4. The average molecular weight is 445 g/mol. The van der Waals surface area contributed by atoms with Gasteiger partial charge in [-0.3, -0.25) is 0 Å². The fourth-order valence-corrected chi connectivity index (χ4v) is 2.99. The van der Waals surface area contributed by atoms with Crippen LogP contribution in [0.1, 0.15) is 11.3 Å². The molecule has 0 fully saturated rings. The van der Waals surface area contributed by atoms with Gasteiger partial charge in [-0.15, -0.1) is 0 Å². The molecule has 6 nitrogen and oxygen atoms in total. The van der Waals surface area contributed by atoms with E-state index in [1.165, 1.54) is 0 Å². The van der Waals surface area contributed by atoms with Gasteiger partial charge in [0, 0.05) is 16.7 Å². The zero-order valence-electron chi connectivity index (χ0n) is 15.6. The van der Waals surface area contributed by atoms with Crippen LogP contribution < -0.4 is 14.8 Å². The van der Waals surface area contributed by atoms with E-state index in [1.807, 2.05) is 48.5 Å². The molecule has 0 aliphatic rings. The lowest BCUT2D eigenvalue weighted by Crippen LogP contribution is -2.34. The van der Waals surface area contributed by atoms with Gasteiger partial charge in [-0.05, 0) is 54.1 Å². The molecule has 0 saturated carbocycles. The summed E-state index contributed by atoms with van der Waals surface area (Å²) in [5.41, 5.74) is 1.63. The van der Waals surface area contributed by atoms with Crippen molar-refractivity contribution in [2.24, 2.45) is 0 Å². The van der Waals surface area contributed by atoms with Gasteiger partial charge in [0.25, 0.3) is 0 Å². The summed E-state index contributed by atoms with van der Waals surface area (Å²) in [5, 5.41) is 2.92. The van der Waals surface area contributed by atoms with E-state index in [0.717, 1.165) is 10.0 Å². The first-order valence-corrected chi connectivity index (χ1v) is 9.43. The van der Waals surface area contributed by atoms with E-state index in [0.29, 0.717) is 36.0 Å². The number of furan rings is 1. The molecule has 146 valence electrons. The maximum Gasteiger partial charge on any atom is 0.322 e. The number of amides is 2. The van der Waals surface area contributed by atoms with Crippen LogP contribution in [0.15, 0.2) is 69.8 Å². The molecule has 3 rings (SSSR count). The van der Waals surface area contributed by atoms with Crippen LogP contribution in [-0.2, 0) is 13.1 Å². The Morgan fingerprint density at radius 3 is 2.43 bits per heavy atom. The quantitative estimate of drug-likeness (QED) is 0.537. The van der Waals surface area contributed by atoms with Gasteiger partial charge in [0.15, 0.2) is 11.5 Å². The summed E-state index contributed by atoms with van der Waals surface area (Å²) in [4.78, 5) is 14.6. The van der Waals surface area contributed by atoms with Gasteiger partial charge >= 0.3 is 6.03 Å². The number of hydrogen-bond donors (Lipinski definition) is 1. The average Bonchev–Trinajstić information content (AvgIpc) is 3.22. The fourth-order valence-electron chi connectivity index (χ4n) is 2.73. The number of carbonyl (C=O) groups is 1. The molecular weight excluding hydrogens is 424 g/mol. The maximum absolute atomic E-state index is 12.9. The Hall–Kier alpha value is -2.93. The van der Waals surface area contributed by atoms with Gasteiger partial charge in [-0.1, -0.05) is 22.0 Å². The second-order valence-electron chi connectivity index (χ2n) is 6.06. The summed E-state index contributed by atoms with van der Waals surface area (Å²) in [7, 11) is 3.18. The van der Waals surface area contributed by atoms with Crippen molar-refractivity contribution >= 4 is 27.6 Å². The molecule has 1 heterocycles. The summed E-state index contributed by atoms with van der Waals surface area (Å²) >= 11 is 3.39. The zero-order valence-corrected chi connectivity index (χ0v) is 17.2. The lowest BCUT2D eigenvalue weighted by Gasteiger charge is -2.23. The van der Waals surface area contributed by atoms with Crippen LogP contribution in [0.2, 0.25) is 0 Å². The highest BCUT2D eigenvalue weighted by Gasteiger charge is 2.17. The van der Waals surface area contributed by atoms with Crippen LogP contribution in [0.5, 0.6) is 11.5 Å². The van der Waals surface area contributed by atoms with Crippen molar-refractivity contribution in [3.8, 4) is 11.5 Å². The molecule has 0 bridgehead atoms. The number of ether oxygens (including phenoxy) is 2. The van der Waals surface area contributed by atoms with Crippen molar-refractivity contribution in [2.75, 3.05) is 19.5 Å². The summed E-state index contributed by atoms with van der Waals surface area (Å²) < 4.78 is 17.0. The van der Waals surface area contributed by atoms with Crippen LogP contribution in [0, 0.1) is 0 Å². The molecule has 0 atom stereocenters. The molecule has 7 heteroatoms. The molecule has 0 spiro atoms. The third-order valence-corrected chi connectivity index (χ3v) is 4.66. The Labute approximate surface area is 172 Å². The Bertz CT molecular complexity index is 911. The second kappa shape index (κ2) is 9.32. The van der Waals surface area contributed by atoms with Gasteiger partial charge < -0.3 is 24.1 Å². The van der Waals surface area contributed by atoms with Crippen molar-refractivity contribution in [3.63, 3.8) is 0 Å². The molecule has 2 amide bonds. The van der Waals surface area contributed by atoms with Crippen molar-refractivity contribution in [1.29, 1.82) is 0 Å². The predicted molar refractivity (Wildman–Crippen MR) is 111 cm³/mol. The van der Waals surface area contributed by atoms with Crippen LogP contribution in [0.3, 0.4) is 0 Å². The number of nitrogens with zero attached hydrogens (tertiary/aromatic N) is 1. The smallest absolute Gasteiger partial charge is 0.322 e. The standard InChI is InChI=1S/C21H21BrN2O4/c1-26-19-10-5-15(12-20(19)27-2)13-24(14-18-4-3-11-28-18)21(25)23-17-8-6-16(22)7-9-17/h3-12H,13-14H2,1-2H3,(H,23,25). The first kappa shape index (κ1) is 19.8. The van der Waals surface area contributed by atoms with E-state index < -0.39 is 0 Å². The minimum Gasteiger partial charge on any atom is -0.493 e. The summed E-state index contributed by atoms with van der Waals surface area (Å²) in [6.07, 6.45) is 1.59. The number of anilines is 1. The lowest BCUT2D eigenvalue weighted by atomic mass is 10.2. The number of halogens is 1. The van der Waals surface area contributed by atoms with Crippen molar-refractivity contribution in [3.05, 3.63) is 76.7 Å². The van der Waals surface area contributed by atoms with Crippen molar-refractivity contribution in [2.45, 2.75) is 13.1 Å². The highest BCUT2D eigenvalue weighted by Crippen LogP contribution is 2.28. The van der Waals surface area contributed by atoms with Gasteiger partial charge in [0.2, 0.25) is 0 Å². The molecule has 0 saturated heterocycles. The number of benzene rings is 2. The van der Waals surface area contributed by atoms with Gasteiger partial charge in [-0.2, -0.15) is 0 Å². The first-order valence-electron chi connectivity index (χ1n) is 8.64. The maximum atomic E-state index is 12.9. The largest absolute Gasteiger partial charge is 0.493 e. The Morgan fingerprint density at radius 1 is 1.04 bits per heavy atom. The molecule has 0 radical (unpaired) electrons. The fraction of sp³-hybridized carbons (Fsp3) is 0.190. The van der Waals surface area contributed by atoms with Gasteiger partial charge in [0.05, 0.1) is 27.0 Å². The molecule has 0 aliphatic carbocycles. The van der Waals surface area contributed by atoms with Crippen molar-refractivity contribution in [1.82, 2.24) is 4.90 Å². The van der Waals surface area contributed by atoms with Crippen LogP contribution >= 0.6 is 15.9 Å². The number of rotatable bonds is 7. The molecule has 3 aromatic rings. The van der Waals surface area contributed by atoms with Gasteiger partial charge in [0.1, 0.15) is 5.76 Å². The number of urea groups is 1. The van der Waals surface area contributed by atoms with Gasteiger partial charge in [-0.25, -0.2) is 4.79 Å². The molecule has 2 aromatic carbocycles. The van der Waals surface area contributed by atoms with Crippen molar-refractivity contribution < 1.29 is 18.7 Å². The van der Waals surface area contributed by atoms with Crippen LogP contribution in [-0.4, -0.2) is 25.2 Å². The Kier molecular flexibility index (Phi) is 6.60. The number of hydrogen-bond acceptors (Lipinski definition) is 4. The monoisotopic (exact) mass is 444 g/mol. The van der Waals surface area contributed by atoms with E-state index in [1.54, 1.807) is 31.4 Å². The van der Waals surface area contributed by atoms with E-state index >= 15 is 0 Å². The number of carbonyl (C=O) groups excluding carboxylic acids is 1. The lowest BCUT2D eigenvalue weighted by molar-refractivity contribution is 0.201. The minimum absolute atomic E-state index is 0.228. The molecular formula is C21H21BrN2O4. The predicted octanol–water partition coefficient (Wildman–Crippen LogP) is 5.29. The van der Waals surface area contributed by atoms with Crippen LogP contribution in [0.25, 0.3) is 0 Å². The highest BCUT2D eigenvalue weighted by molar-refractivity contribution is 9.10. The molecule has 1 N–H and O–H groups in total. The SMILES string of the molecule is COc1ccc(CN(Cc2ccco2)C(=O)Nc2ccc(Br)cc2)cc1OC. The number of nitrogens with one attached hydrogen (secondary N) is 1.